The molecule has 0 bridgehead atoms. The first kappa shape index (κ1) is 22.1. The summed E-state index contributed by atoms with van der Waals surface area (Å²) in [6.45, 7) is 3.94. The highest BCUT2D eigenvalue weighted by molar-refractivity contribution is 8.15. The Labute approximate surface area is 202 Å². The molecule has 0 aliphatic carbocycles. The highest BCUT2D eigenvalue weighted by atomic mass is 32.2. The van der Waals surface area contributed by atoms with Gasteiger partial charge in [0.05, 0.1) is 10.9 Å². The number of carbonyl (C=O) groups is 2. The average molecular weight is 469 g/mol. The van der Waals surface area contributed by atoms with Crippen molar-refractivity contribution in [1.82, 2.24) is 4.90 Å². The van der Waals surface area contributed by atoms with Gasteiger partial charge in [0.2, 0.25) is 5.91 Å². The molecular formula is C27H24N4O2S. The van der Waals surface area contributed by atoms with E-state index in [0.717, 1.165) is 28.1 Å². The summed E-state index contributed by atoms with van der Waals surface area (Å²) in [5.41, 5.74) is 4.22. The van der Waals surface area contributed by atoms with E-state index in [-0.39, 0.29) is 11.8 Å². The van der Waals surface area contributed by atoms with Crippen LogP contribution in [0.4, 0.5) is 11.4 Å². The Hall–Kier alpha value is -3.71. The number of amidine groups is 2. The lowest BCUT2D eigenvalue weighted by Crippen LogP contribution is -2.41. The number of nitrogens with one attached hydrogen (secondary N) is 1. The quantitative estimate of drug-likeness (QED) is 0.539. The lowest BCUT2D eigenvalue weighted by atomic mass is 10.1. The summed E-state index contributed by atoms with van der Waals surface area (Å²) in [6.07, 6.45) is 0.583. The molecule has 0 unspecified atom stereocenters. The number of thioether (sulfide) groups is 1. The normalized spacial score (nSPS) is 17.4. The third kappa shape index (κ3) is 4.15. The number of para-hydroxylation sites is 1. The van der Waals surface area contributed by atoms with Crippen molar-refractivity contribution in [2.45, 2.75) is 31.6 Å². The van der Waals surface area contributed by atoms with Gasteiger partial charge >= 0.3 is 0 Å². The summed E-state index contributed by atoms with van der Waals surface area (Å²) in [7, 11) is 0. The van der Waals surface area contributed by atoms with E-state index in [1.807, 2.05) is 92.7 Å². The van der Waals surface area contributed by atoms with Crippen molar-refractivity contribution in [3.05, 3.63) is 95.6 Å². The van der Waals surface area contributed by atoms with E-state index in [2.05, 4.69) is 5.32 Å². The van der Waals surface area contributed by atoms with Gasteiger partial charge in [0, 0.05) is 11.3 Å². The number of fused-ring (bicyclic) bond motifs is 3. The molecule has 1 N–H and O–H groups in total. The number of aryl methyl sites for hydroxylation is 1. The SMILES string of the molecule is CC[C@@H](SC1=Nc2ccccc2C2=N[C@H](c3ccccc3)C(=O)N12)C(=O)Nc1cccc(C)c1. The van der Waals surface area contributed by atoms with Crippen LogP contribution in [0, 0.1) is 6.92 Å². The first-order valence-electron chi connectivity index (χ1n) is 11.2. The highest BCUT2D eigenvalue weighted by Crippen LogP contribution is 2.38. The average Bonchev–Trinajstić information content (AvgIpc) is 3.20. The van der Waals surface area contributed by atoms with Crippen LogP contribution in [0.2, 0.25) is 0 Å². The van der Waals surface area contributed by atoms with E-state index in [0.29, 0.717) is 17.4 Å². The van der Waals surface area contributed by atoms with Crippen LogP contribution in [-0.2, 0) is 9.59 Å². The molecule has 2 heterocycles. The summed E-state index contributed by atoms with van der Waals surface area (Å²) in [5.74, 6) is 0.307. The van der Waals surface area contributed by atoms with Crippen LogP contribution in [0.15, 0.2) is 88.8 Å². The van der Waals surface area contributed by atoms with Crippen molar-refractivity contribution in [3.8, 4) is 0 Å². The second-order valence-corrected chi connectivity index (χ2v) is 9.39. The van der Waals surface area contributed by atoms with Crippen LogP contribution in [-0.4, -0.2) is 33.0 Å². The number of benzene rings is 3. The lowest BCUT2D eigenvalue weighted by molar-refractivity contribution is -0.124. The van der Waals surface area contributed by atoms with Crippen molar-refractivity contribution in [2.24, 2.45) is 9.98 Å². The number of carbonyl (C=O) groups excluding carboxylic acids is 2. The molecule has 34 heavy (non-hydrogen) atoms. The van der Waals surface area contributed by atoms with Crippen molar-refractivity contribution >= 4 is 46.0 Å². The number of hydrogen-bond acceptors (Lipinski definition) is 5. The predicted molar refractivity (Wildman–Crippen MR) is 138 cm³/mol. The van der Waals surface area contributed by atoms with Gasteiger partial charge in [-0.2, -0.15) is 0 Å². The summed E-state index contributed by atoms with van der Waals surface area (Å²) in [5, 5.41) is 3.06. The molecule has 3 aromatic rings. The Balaban J connectivity index is 1.46. The van der Waals surface area contributed by atoms with Gasteiger partial charge in [-0.3, -0.25) is 9.59 Å². The molecule has 2 aliphatic heterocycles. The number of aliphatic imine (C=N–C) groups is 2. The molecule has 170 valence electrons. The van der Waals surface area contributed by atoms with E-state index in [9.17, 15) is 9.59 Å². The third-order valence-corrected chi connectivity index (χ3v) is 7.10. The number of nitrogens with zero attached hydrogens (tertiary/aromatic N) is 3. The van der Waals surface area contributed by atoms with E-state index < -0.39 is 11.3 Å². The van der Waals surface area contributed by atoms with E-state index >= 15 is 0 Å². The molecule has 0 saturated carbocycles. The van der Waals surface area contributed by atoms with Crippen LogP contribution in [0.1, 0.15) is 36.1 Å². The monoisotopic (exact) mass is 468 g/mol. The number of anilines is 1. The molecule has 0 fully saturated rings. The second-order valence-electron chi connectivity index (χ2n) is 8.22. The van der Waals surface area contributed by atoms with Gasteiger partial charge in [-0.15, -0.1) is 0 Å². The van der Waals surface area contributed by atoms with Gasteiger partial charge in [0.25, 0.3) is 5.91 Å². The standard InChI is InChI=1S/C27H24N4O2S/c1-3-22(25(32)28-19-13-9-10-17(2)16-19)34-27-29-21-15-8-7-14-20(21)24-30-23(26(33)31(24)27)18-11-5-4-6-12-18/h4-16,22-23H,3H2,1-2H3,(H,28,32)/t22-,23-/m1/s1. The smallest absolute Gasteiger partial charge is 0.263 e. The molecule has 0 aromatic heterocycles. The second kappa shape index (κ2) is 9.27. The summed E-state index contributed by atoms with van der Waals surface area (Å²) >= 11 is 1.30. The number of hydrogen-bond donors (Lipinski definition) is 1. The molecule has 0 radical (unpaired) electrons. The fraction of sp³-hybridized carbons (Fsp3) is 0.185. The molecule has 0 saturated heterocycles. The van der Waals surface area contributed by atoms with Gasteiger partial charge < -0.3 is 5.32 Å². The molecular weight excluding hydrogens is 444 g/mol. The first-order valence-corrected chi connectivity index (χ1v) is 12.1. The summed E-state index contributed by atoms with van der Waals surface area (Å²) < 4.78 is 0. The molecule has 7 heteroatoms. The van der Waals surface area contributed by atoms with Crippen LogP contribution >= 0.6 is 11.8 Å². The first-order chi connectivity index (χ1) is 16.5. The Morgan fingerprint density at radius 1 is 1.06 bits per heavy atom. The zero-order valence-corrected chi connectivity index (χ0v) is 19.8. The minimum Gasteiger partial charge on any atom is -0.325 e. The third-order valence-electron chi connectivity index (χ3n) is 5.78. The van der Waals surface area contributed by atoms with Crippen molar-refractivity contribution in [2.75, 3.05) is 5.32 Å². The Kier molecular flexibility index (Phi) is 6.02. The van der Waals surface area contributed by atoms with Crippen molar-refractivity contribution in [3.63, 3.8) is 0 Å². The zero-order chi connectivity index (χ0) is 23.7. The molecule has 0 spiro atoms. The predicted octanol–water partition coefficient (Wildman–Crippen LogP) is 5.48. The van der Waals surface area contributed by atoms with E-state index in [1.165, 1.54) is 11.8 Å². The maximum atomic E-state index is 13.5. The zero-order valence-electron chi connectivity index (χ0n) is 18.9. The van der Waals surface area contributed by atoms with Crippen molar-refractivity contribution < 1.29 is 9.59 Å². The summed E-state index contributed by atoms with van der Waals surface area (Å²) in [4.78, 5) is 37.8. The minimum atomic E-state index is -0.630. The Bertz CT molecular complexity index is 1320. The van der Waals surface area contributed by atoms with Gasteiger partial charge in [0.1, 0.15) is 5.84 Å². The van der Waals surface area contributed by atoms with Crippen LogP contribution in [0.25, 0.3) is 0 Å². The molecule has 3 aromatic carbocycles. The highest BCUT2D eigenvalue weighted by Gasteiger charge is 2.43. The maximum absolute atomic E-state index is 13.5. The van der Waals surface area contributed by atoms with Gasteiger partial charge in [-0.25, -0.2) is 14.9 Å². The molecule has 2 aliphatic rings. The van der Waals surface area contributed by atoms with Gasteiger partial charge in [-0.1, -0.05) is 73.3 Å². The maximum Gasteiger partial charge on any atom is 0.263 e. The molecule has 2 amide bonds. The topological polar surface area (TPSA) is 74.1 Å². The van der Waals surface area contributed by atoms with E-state index in [1.54, 1.807) is 4.90 Å². The van der Waals surface area contributed by atoms with Crippen molar-refractivity contribution in [1.29, 1.82) is 0 Å². The van der Waals surface area contributed by atoms with Gasteiger partial charge in [0.15, 0.2) is 11.2 Å². The lowest BCUT2D eigenvalue weighted by Gasteiger charge is -2.27. The fourth-order valence-corrected chi connectivity index (χ4v) is 5.10. The van der Waals surface area contributed by atoms with E-state index in [4.69, 9.17) is 9.98 Å². The van der Waals surface area contributed by atoms with Crippen LogP contribution in [0.5, 0.6) is 0 Å². The molecule has 5 rings (SSSR count). The minimum absolute atomic E-state index is 0.121. The molecule has 2 atom stereocenters. The molecule has 6 nitrogen and oxygen atoms in total. The van der Waals surface area contributed by atoms with Crippen LogP contribution in [0.3, 0.4) is 0 Å². The number of rotatable bonds is 5. The largest absolute Gasteiger partial charge is 0.325 e. The van der Waals surface area contributed by atoms with Gasteiger partial charge in [-0.05, 0) is 48.7 Å². The Morgan fingerprint density at radius 2 is 1.82 bits per heavy atom. The Morgan fingerprint density at radius 3 is 2.59 bits per heavy atom. The summed E-state index contributed by atoms with van der Waals surface area (Å²) in [6, 6.07) is 24.3. The fourth-order valence-electron chi connectivity index (χ4n) is 4.08. The number of amides is 2. The van der Waals surface area contributed by atoms with Crippen LogP contribution < -0.4 is 5.32 Å².